The summed E-state index contributed by atoms with van der Waals surface area (Å²) in [6.45, 7) is 8.33. The molecule has 0 aliphatic rings. The summed E-state index contributed by atoms with van der Waals surface area (Å²) >= 11 is -4.26. The van der Waals surface area contributed by atoms with Crippen molar-refractivity contribution in [3.63, 3.8) is 0 Å². The predicted octanol–water partition coefficient (Wildman–Crippen LogP) is 6.00. The van der Waals surface area contributed by atoms with Gasteiger partial charge in [-0.05, 0) is 0 Å². The second kappa shape index (κ2) is 9.29. The van der Waals surface area contributed by atoms with E-state index >= 15 is 0 Å². The molecular weight excluding hydrogens is 388 g/mol. The molecule has 0 atom stereocenters. The number of hydrogen-bond donors (Lipinski definition) is 0. The Labute approximate surface area is 172 Å². The number of aryl methyl sites for hydroxylation is 3. The maximum atomic E-state index is 6.41. The van der Waals surface area contributed by atoms with Crippen LogP contribution in [0.3, 0.4) is 0 Å². The monoisotopic (exact) mass is 414 g/mol. The summed E-state index contributed by atoms with van der Waals surface area (Å²) < 4.78 is 25.4. The summed E-state index contributed by atoms with van der Waals surface area (Å²) in [6.07, 6.45) is 0. The standard InChI is InChI=1S/3C7H8O.C2H5O.Ti/c3*1-6-4-2-3-5-7(6)8;1-2-3;/h3*2-5,8H,1H3;2H2,1H3;/q;;;-1;+4/p-3. The summed E-state index contributed by atoms with van der Waals surface area (Å²) in [4.78, 5) is 0. The van der Waals surface area contributed by atoms with E-state index in [1.807, 2.05) is 100 Å². The Morgan fingerprint density at radius 3 is 1.18 bits per heavy atom. The van der Waals surface area contributed by atoms with Gasteiger partial charge in [-0.2, -0.15) is 0 Å². The molecule has 3 aromatic carbocycles. The zero-order valence-electron chi connectivity index (χ0n) is 16.8. The van der Waals surface area contributed by atoms with Gasteiger partial charge in [-0.3, -0.25) is 0 Å². The SMILES string of the molecule is CC[O][Ti]([O]c1ccccc1C)([O]c1ccccc1C)[O]c1ccccc1C. The first-order valence-electron chi connectivity index (χ1n) is 9.41. The Balaban J connectivity index is 2.04. The van der Waals surface area contributed by atoms with Crippen LogP contribution in [0.4, 0.5) is 0 Å². The maximum absolute atomic E-state index is 6.41. The van der Waals surface area contributed by atoms with E-state index in [4.69, 9.17) is 13.3 Å². The van der Waals surface area contributed by atoms with Crippen molar-refractivity contribution in [3.05, 3.63) is 89.5 Å². The fraction of sp³-hybridized carbons (Fsp3) is 0.217. The third kappa shape index (κ3) is 4.96. The van der Waals surface area contributed by atoms with Crippen molar-refractivity contribution in [1.29, 1.82) is 0 Å². The van der Waals surface area contributed by atoms with Crippen molar-refractivity contribution >= 4 is 0 Å². The normalized spacial score (nSPS) is 11.1. The quantitative estimate of drug-likeness (QED) is 0.424. The van der Waals surface area contributed by atoms with Gasteiger partial charge in [-0.25, -0.2) is 0 Å². The molecule has 0 bridgehead atoms. The third-order valence-electron chi connectivity index (χ3n) is 4.31. The molecule has 5 heteroatoms. The molecule has 146 valence electrons. The predicted molar refractivity (Wildman–Crippen MR) is 107 cm³/mol. The Morgan fingerprint density at radius 1 is 0.571 bits per heavy atom. The van der Waals surface area contributed by atoms with Crippen LogP contribution in [0.5, 0.6) is 17.2 Å². The van der Waals surface area contributed by atoms with E-state index in [2.05, 4.69) is 0 Å². The summed E-state index contributed by atoms with van der Waals surface area (Å²) in [5, 5.41) is 0. The molecule has 0 heterocycles. The van der Waals surface area contributed by atoms with Crippen LogP contribution in [0.1, 0.15) is 23.6 Å². The van der Waals surface area contributed by atoms with Crippen LogP contribution in [0.25, 0.3) is 0 Å². The molecule has 0 spiro atoms. The molecule has 0 aliphatic heterocycles. The molecular formula is C23H26O4Ti. The van der Waals surface area contributed by atoms with E-state index in [9.17, 15) is 0 Å². The molecule has 0 N–H and O–H groups in total. The Morgan fingerprint density at radius 2 is 0.893 bits per heavy atom. The zero-order chi connectivity index (χ0) is 20.0. The summed E-state index contributed by atoms with van der Waals surface area (Å²) in [6, 6.07) is 23.5. The van der Waals surface area contributed by atoms with E-state index in [-0.39, 0.29) is 0 Å². The van der Waals surface area contributed by atoms with Gasteiger partial charge in [0.2, 0.25) is 0 Å². The van der Waals surface area contributed by atoms with E-state index in [1.54, 1.807) is 0 Å². The fourth-order valence-corrected chi connectivity index (χ4v) is 6.10. The van der Waals surface area contributed by atoms with Gasteiger partial charge in [0.25, 0.3) is 0 Å². The van der Waals surface area contributed by atoms with Crippen molar-refractivity contribution < 1.29 is 31.4 Å². The third-order valence-corrected chi connectivity index (χ3v) is 7.51. The average molecular weight is 414 g/mol. The van der Waals surface area contributed by atoms with Crippen molar-refractivity contribution in [2.24, 2.45) is 0 Å². The molecule has 0 radical (unpaired) electrons. The minimum absolute atomic E-state index is 0.420. The van der Waals surface area contributed by atoms with E-state index in [0.717, 1.165) is 16.7 Å². The molecule has 4 nitrogen and oxygen atoms in total. The van der Waals surface area contributed by atoms with Gasteiger partial charge in [-0.15, -0.1) is 0 Å². The Hall–Kier alpha value is -2.27. The van der Waals surface area contributed by atoms with Crippen molar-refractivity contribution in [3.8, 4) is 17.2 Å². The van der Waals surface area contributed by atoms with E-state index in [1.165, 1.54) is 0 Å². The van der Waals surface area contributed by atoms with Crippen LogP contribution < -0.4 is 9.96 Å². The summed E-state index contributed by atoms with van der Waals surface area (Å²) in [5.41, 5.74) is 3.00. The van der Waals surface area contributed by atoms with Crippen LogP contribution in [0.2, 0.25) is 0 Å². The van der Waals surface area contributed by atoms with Crippen LogP contribution >= 0.6 is 0 Å². The molecule has 0 amide bonds. The second-order valence-electron chi connectivity index (χ2n) is 6.54. The first kappa shape index (κ1) is 20.5. The molecule has 0 aliphatic carbocycles. The van der Waals surface area contributed by atoms with Crippen molar-refractivity contribution in [2.75, 3.05) is 6.61 Å². The van der Waals surface area contributed by atoms with Crippen LogP contribution in [0, 0.1) is 20.8 Å². The van der Waals surface area contributed by atoms with E-state index in [0.29, 0.717) is 23.9 Å². The fourth-order valence-electron chi connectivity index (χ4n) is 2.74. The Bertz CT molecular complexity index is 810. The summed E-state index contributed by atoms with van der Waals surface area (Å²) in [7, 11) is 0. The number of benzene rings is 3. The molecule has 3 aromatic rings. The van der Waals surface area contributed by atoms with E-state index < -0.39 is 18.1 Å². The average Bonchev–Trinajstić information content (AvgIpc) is 2.68. The number of hydrogen-bond acceptors (Lipinski definition) is 4. The molecule has 0 aromatic heterocycles. The minimum atomic E-state index is -4.26. The van der Waals surface area contributed by atoms with Gasteiger partial charge in [0.1, 0.15) is 0 Å². The molecule has 28 heavy (non-hydrogen) atoms. The van der Waals surface area contributed by atoms with Gasteiger partial charge in [0.05, 0.1) is 0 Å². The number of para-hydroxylation sites is 3. The van der Waals surface area contributed by atoms with Gasteiger partial charge in [-0.1, -0.05) is 0 Å². The van der Waals surface area contributed by atoms with Gasteiger partial charge in [0.15, 0.2) is 0 Å². The molecule has 0 fully saturated rings. The number of rotatable bonds is 8. The second-order valence-corrected chi connectivity index (χ2v) is 9.50. The molecule has 0 saturated carbocycles. The van der Waals surface area contributed by atoms with Gasteiger partial charge < -0.3 is 0 Å². The molecule has 0 unspecified atom stereocenters. The first-order chi connectivity index (χ1) is 13.5. The van der Waals surface area contributed by atoms with Crippen LogP contribution in [-0.2, 0) is 21.5 Å². The van der Waals surface area contributed by atoms with Crippen LogP contribution in [0.15, 0.2) is 72.8 Å². The van der Waals surface area contributed by atoms with Gasteiger partial charge >= 0.3 is 172 Å². The first-order valence-corrected chi connectivity index (χ1v) is 12.0. The molecule has 0 saturated heterocycles. The van der Waals surface area contributed by atoms with Crippen molar-refractivity contribution in [2.45, 2.75) is 27.7 Å². The van der Waals surface area contributed by atoms with Gasteiger partial charge in [0, 0.05) is 0 Å². The topological polar surface area (TPSA) is 36.9 Å². The van der Waals surface area contributed by atoms with Crippen LogP contribution in [-0.4, -0.2) is 6.61 Å². The molecule has 3 rings (SSSR count). The zero-order valence-corrected chi connectivity index (χ0v) is 18.3. The van der Waals surface area contributed by atoms with Crippen molar-refractivity contribution in [1.82, 2.24) is 0 Å². The Kier molecular flexibility index (Phi) is 6.79. The summed E-state index contributed by atoms with van der Waals surface area (Å²) in [5.74, 6) is 2.12.